The van der Waals surface area contributed by atoms with Crippen LogP contribution in [0.25, 0.3) is 0 Å². The number of thiophene rings is 1. The molecule has 2 N–H and O–H groups in total. The van der Waals surface area contributed by atoms with E-state index < -0.39 is 15.8 Å². The van der Waals surface area contributed by atoms with Crippen LogP contribution in [0.2, 0.25) is 5.02 Å². The molecular formula is C13H14ClFN2O2S2. The summed E-state index contributed by atoms with van der Waals surface area (Å²) in [5.41, 5.74) is 1.13. The SMILES string of the molecule is CCNCc1csc(S(=O)(=O)Nc2ccc(F)c(Cl)c2)c1. The van der Waals surface area contributed by atoms with E-state index in [4.69, 9.17) is 11.6 Å². The molecule has 4 nitrogen and oxygen atoms in total. The monoisotopic (exact) mass is 348 g/mol. The molecule has 114 valence electrons. The van der Waals surface area contributed by atoms with E-state index in [0.29, 0.717) is 6.54 Å². The Balaban J connectivity index is 2.17. The molecule has 0 bridgehead atoms. The van der Waals surface area contributed by atoms with Gasteiger partial charge in [-0.15, -0.1) is 11.3 Å². The van der Waals surface area contributed by atoms with Crippen molar-refractivity contribution in [1.29, 1.82) is 0 Å². The van der Waals surface area contributed by atoms with Gasteiger partial charge in [-0.05, 0) is 41.8 Å². The zero-order chi connectivity index (χ0) is 15.5. The highest BCUT2D eigenvalue weighted by atomic mass is 35.5. The molecule has 1 aromatic heterocycles. The number of hydrogen-bond donors (Lipinski definition) is 2. The lowest BCUT2D eigenvalue weighted by Gasteiger charge is -2.06. The third-order valence-electron chi connectivity index (χ3n) is 2.65. The summed E-state index contributed by atoms with van der Waals surface area (Å²) < 4.78 is 40.1. The van der Waals surface area contributed by atoms with Crippen LogP contribution in [0.15, 0.2) is 33.9 Å². The van der Waals surface area contributed by atoms with Crippen molar-refractivity contribution in [1.82, 2.24) is 5.32 Å². The van der Waals surface area contributed by atoms with Crippen LogP contribution in [0, 0.1) is 5.82 Å². The Labute approximate surface area is 132 Å². The fourth-order valence-electron chi connectivity index (χ4n) is 1.62. The zero-order valence-corrected chi connectivity index (χ0v) is 13.6. The Morgan fingerprint density at radius 3 is 2.76 bits per heavy atom. The molecular weight excluding hydrogens is 335 g/mol. The topological polar surface area (TPSA) is 58.2 Å². The van der Waals surface area contributed by atoms with Crippen LogP contribution in [0.5, 0.6) is 0 Å². The second kappa shape index (κ2) is 6.74. The molecule has 0 aliphatic rings. The fourth-order valence-corrected chi connectivity index (χ4v) is 4.06. The van der Waals surface area contributed by atoms with Crippen molar-refractivity contribution in [3.05, 3.63) is 46.0 Å². The van der Waals surface area contributed by atoms with E-state index in [-0.39, 0.29) is 14.9 Å². The van der Waals surface area contributed by atoms with Crippen molar-refractivity contribution in [3.63, 3.8) is 0 Å². The summed E-state index contributed by atoms with van der Waals surface area (Å²) in [6, 6.07) is 5.29. The second-order valence-corrected chi connectivity index (χ2v) is 7.52. The average Bonchev–Trinajstić information content (AvgIpc) is 2.90. The standard InChI is InChI=1S/C13H14ClFN2O2S2/c1-2-16-7-9-5-13(20-8-9)21(18,19)17-10-3-4-12(15)11(14)6-10/h3-6,8,16-17H,2,7H2,1H3. The molecule has 2 aromatic rings. The van der Waals surface area contributed by atoms with Gasteiger partial charge in [0, 0.05) is 6.54 Å². The minimum Gasteiger partial charge on any atom is -0.313 e. The highest BCUT2D eigenvalue weighted by molar-refractivity contribution is 7.94. The molecule has 8 heteroatoms. The largest absolute Gasteiger partial charge is 0.313 e. The van der Waals surface area contributed by atoms with Crippen LogP contribution >= 0.6 is 22.9 Å². The maximum absolute atomic E-state index is 13.1. The number of nitrogens with one attached hydrogen (secondary N) is 2. The first-order valence-corrected chi connectivity index (χ1v) is 8.92. The van der Waals surface area contributed by atoms with Crippen molar-refractivity contribution in [2.24, 2.45) is 0 Å². The summed E-state index contributed by atoms with van der Waals surface area (Å²) in [5.74, 6) is -0.594. The molecule has 2 rings (SSSR count). The van der Waals surface area contributed by atoms with Crippen LogP contribution < -0.4 is 10.0 Å². The summed E-state index contributed by atoms with van der Waals surface area (Å²) in [4.78, 5) is 0. The summed E-state index contributed by atoms with van der Waals surface area (Å²) in [5, 5.41) is 4.78. The van der Waals surface area contributed by atoms with E-state index in [0.717, 1.165) is 29.5 Å². The number of halogens is 2. The van der Waals surface area contributed by atoms with Crippen LogP contribution in [-0.4, -0.2) is 15.0 Å². The Hall–Kier alpha value is -1.15. The van der Waals surface area contributed by atoms with Crippen LogP contribution in [0.4, 0.5) is 10.1 Å². The van der Waals surface area contributed by atoms with Gasteiger partial charge in [-0.25, -0.2) is 12.8 Å². The molecule has 0 unspecified atom stereocenters. The lowest BCUT2D eigenvalue weighted by molar-refractivity contribution is 0.602. The second-order valence-electron chi connectivity index (χ2n) is 4.29. The zero-order valence-electron chi connectivity index (χ0n) is 11.2. The smallest absolute Gasteiger partial charge is 0.271 e. The van der Waals surface area contributed by atoms with E-state index >= 15 is 0 Å². The quantitative estimate of drug-likeness (QED) is 0.840. The molecule has 0 atom stereocenters. The summed E-state index contributed by atoms with van der Waals surface area (Å²) in [6.45, 7) is 3.40. The first-order valence-electron chi connectivity index (χ1n) is 6.18. The van der Waals surface area contributed by atoms with Gasteiger partial charge in [-0.1, -0.05) is 18.5 Å². The van der Waals surface area contributed by atoms with Crippen LogP contribution in [0.1, 0.15) is 12.5 Å². The Morgan fingerprint density at radius 2 is 2.10 bits per heavy atom. The summed E-state index contributed by atoms with van der Waals surface area (Å²) in [6.07, 6.45) is 0. The molecule has 1 heterocycles. The summed E-state index contributed by atoms with van der Waals surface area (Å²) in [7, 11) is -3.69. The molecule has 0 aliphatic carbocycles. The maximum atomic E-state index is 13.1. The molecule has 0 aliphatic heterocycles. The highest BCUT2D eigenvalue weighted by Crippen LogP contribution is 2.25. The predicted molar refractivity (Wildman–Crippen MR) is 83.9 cm³/mol. The predicted octanol–water partition coefficient (Wildman–Crippen LogP) is 3.45. The van der Waals surface area contributed by atoms with Crippen molar-refractivity contribution >= 4 is 38.6 Å². The molecule has 21 heavy (non-hydrogen) atoms. The van der Waals surface area contributed by atoms with Gasteiger partial charge < -0.3 is 5.32 Å². The van der Waals surface area contributed by atoms with Crippen molar-refractivity contribution in [2.75, 3.05) is 11.3 Å². The van der Waals surface area contributed by atoms with Gasteiger partial charge in [0.05, 0.1) is 10.7 Å². The van der Waals surface area contributed by atoms with Crippen LogP contribution in [-0.2, 0) is 16.6 Å². The maximum Gasteiger partial charge on any atom is 0.271 e. The molecule has 0 fully saturated rings. The third-order valence-corrected chi connectivity index (χ3v) is 5.80. The lowest BCUT2D eigenvalue weighted by atomic mass is 10.3. The highest BCUT2D eigenvalue weighted by Gasteiger charge is 2.17. The third kappa shape index (κ3) is 4.16. The van der Waals surface area contributed by atoms with Crippen LogP contribution in [0.3, 0.4) is 0 Å². The Kier molecular flexibility index (Phi) is 5.21. The molecule has 0 radical (unpaired) electrons. The van der Waals surface area contributed by atoms with Gasteiger partial charge in [0.25, 0.3) is 10.0 Å². The number of sulfonamides is 1. The van der Waals surface area contributed by atoms with E-state index in [1.54, 1.807) is 11.4 Å². The number of hydrogen-bond acceptors (Lipinski definition) is 4. The minimum absolute atomic E-state index is 0.130. The van der Waals surface area contributed by atoms with E-state index in [2.05, 4.69) is 10.0 Å². The van der Waals surface area contributed by atoms with E-state index in [9.17, 15) is 12.8 Å². The van der Waals surface area contributed by atoms with Gasteiger partial charge in [0.1, 0.15) is 10.0 Å². The molecule has 0 saturated heterocycles. The molecule has 0 amide bonds. The van der Waals surface area contributed by atoms with Crippen molar-refractivity contribution < 1.29 is 12.8 Å². The normalized spacial score (nSPS) is 11.6. The number of anilines is 1. The first kappa shape index (κ1) is 16.2. The van der Waals surface area contributed by atoms with Gasteiger partial charge in [0.2, 0.25) is 0 Å². The number of rotatable bonds is 6. The van der Waals surface area contributed by atoms with Gasteiger partial charge in [0.15, 0.2) is 0 Å². The molecule has 1 aromatic carbocycles. The Morgan fingerprint density at radius 1 is 1.33 bits per heavy atom. The van der Waals surface area contributed by atoms with Gasteiger partial charge in [-0.2, -0.15) is 0 Å². The van der Waals surface area contributed by atoms with E-state index in [1.165, 1.54) is 12.1 Å². The number of benzene rings is 1. The van der Waals surface area contributed by atoms with Crippen molar-refractivity contribution in [2.45, 2.75) is 17.7 Å². The molecule has 0 saturated carbocycles. The summed E-state index contributed by atoms with van der Waals surface area (Å²) >= 11 is 6.77. The first-order chi connectivity index (χ1) is 9.92. The molecule has 0 spiro atoms. The van der Waals surface area contributed by atoms with Gasteiger partial charge in [-0.3, -0.25) is 4.72 Å². The Bertz CT molecular complexity index is 732. The fraction of sp³-hybridized carbons (Fsp3) is 0.231. The van der Waals surface area contributed by atoms with Gasteiger partial charge >= 0.3 is 0 Å². The minimum atomic E-state index is -3.69. The average molecular weight is 349 g/mol. The lowest BCUT2D eigenvalue weighted by Crippen LogP contribution is -2.12. The van der Waals surface area contributed by atoms with Crippen molar-refractivity contribution in [3.8, 4) is 0 Å². The van der Waals surface area contributed by atoms with E-state index in [1.807, 2.05) is 6.92 Å².